The molecule has 1 aromatic heterocycles. The molecule has 0 radical (unpaired) electrons. The van der Waals surface area contributed by atoms with Crippen LogP contribution in [0.15, 0.2) is 102 Å². The van der Waals surface area contributed by atoms with E-state index in [4.69, 9.17) is 9.47 Å². The lowest BCUT2D eigenvalue weighted by Crippen LogP contribution is -2.47. The minimum absolute atomic E-state index is 0.0572. The average molecular weight is 509 g/mol. The van der Waals surface area contributed by atoms with Crippen molar-refractivity contribution in [1.29, 1.82) is 0 Å². The highest BCUT2D eigenvalue weighted by Gasteiger charge is 2.39. The second-order valence-corrected chi connectivity index (χ2v) is 9.61. The number of amides is 1. The normalized spacial score (nSPS) is 15.0. The Kier molecular flexibility index (Phi) is 7.70. The van der Waals surface area contributed by atoms with Crippen LogP contribution in [0.25, 0.3) is 0 Å². The fourth-order valence-electron chi connectivity index (χ4n) is 5.23. The van der Waals surface area contributed by atoms with Crippen molar-refractivity contribution in [3.63, 3.8) is 0 Å². The maximum atomic E-state index is 13.9. The number of fused-ring (bicyclic) bond motifs is 1. The quantitative estimate of drug-likeness (QED) is 0.311. The largest absolute Gasteiger partial charge is 0.483 e. The lowest BCUT2D eigenvalue weighted by atomic mass is 9.83. The van der Waals surface area contributed by atoms with Crippen molar-refractivity contribution < 1.29 is 14.3 Å². The molecule has 0 saturated heterocycles. The maximum Gasteiger partial charge on any atom is 0.274 e. The van der Waals surface area contributed by atoms with Gasteiger partial charge in [0.15, 0.2) is 11.4 Å². The number of aromatic nitrogens is 1. The predicted octanol–water partition coefficient (Wildman–Crippen LogP) is 5.21. The fourth-order valence-corrected chi connectivity index (χ4v) is 5.23. The van der Waals surface area contributed by atoms with Gasteiger partial charge in [0.05, 0.1) is 12.6 Å². The van der Waals surface area contributed by atoms with Crippen molar-refractivity contribution in [2.24, 2.45) is 0 Å². The Hall–Kier alpha value is -4.16. The molecule has 1 aliphatic heterocycles. The molecule has 0 unspecified atom stereocenters. The first-order valence-electron chi connectivity index (χ1n) is 12.9. The number of nitrogens with zero attached hydrogens (tertiary/aromatic N) is 2. The zero-order valence-electron chi connectivity index (χ0n) is 21.7. The van der Waals surface area contributed by atoms with E-state index >= 15 is 0 Å². The van der Waals surface area contributed by atoms with Crippen LogP contribution in [-0.4, -0.2) is 42.2 Å². The van der Waals surface area contributed by atoms with Gasteiger partial charge in [0.25, 0.3) is 5.91 Å². The summed E-state index contributed by atoms with van der Waals surface area (Å²) in [7, 11) is 1.62. The van der Waals surface area contributed by atoms with Crippen LogP contribution in [-0.2, 0) is 11.3 Å². The molecule has 0 aliphatic carbocycles. The summed E-state index contributed by atoms with van der Waals surface area (Å²) >= 11 is 0. The molecule has 3 aromatic carbocycles. The van der Waals surface area contributed by atoms with Crippen molar-refractivity contribution in [2.75, 3.05) is 26.8 Å². The van der Waals surface area contributed by atoms with E-state index in [0.29, 0.717) is 31.0 Å². The van der Waals surface area contributed by atoms with Crippen LogP contribution >= 0.6 is 0 Å². The minimum atomic E-state index is -0.260. The van der Waals surface area contributed by atoms with Crippen LogP contribution in [0, 0.1) is 6.92 Å². The van der Waals surface area contributed by atoms with Gasteiger partial charge in [-0.05, 0) is 23.6 Å². The number of pyridine rings is 1. The third-order valence-electron chi connectivity index (χ3n) is 7.12. The summed E-state index contributed by atoms with van der Waals surface area (Å²) in [5.41, 5.74) is 3.77. The van der Waals surface area contributed by atoms with Crippen molar-refractivity contribution in [3.8, 4) is 5.75 Å². The van der Waals surface area contributed by atoms with Gasteiger partial charge in [-0.15, -0.1) is 0 Å². The molecule has 0 N–H and O–H groups in total. The fraction of sp³-hybridized carbons (Fsp3) is 0.250. The lowest BCUT2D eigenvalue weighted by molar-refractivity contribution is 0.0579. The number of rotatable bonds is 9. The van der Waals surface area contributed by atoms with Gasteiger partial charge in [0, 0.05) is 37.9 Å². The number of hydrogen-bond donors (Lipinski definition) is 0. The number of carbonyl (C=O) groups excluding carboxylic acids is 1. The summed E-state index contributed by atoms with van der Waals surface area (Å²) in [5, 5.41) is 0. The van der Waals surface area contributed by atoms with E-state index in [1.807, 2.05) is 77.5 Å². The average Bonchev–Trinajstić information content (AvgIpc) is 2.96. The number of ether oxygens (including phenoxy) is 2. The second kappa shape index (κ2) is 11.5. The van der Waals surface area contributed by atoms with Crippen LogP contribution in [0.2, 0.25) is 0 Å². The summed E-state index contributed by atoms with van der Waals surface area (Å²) < 4.78 is 13.5. The van der Waals surface area contributed by atoms with Crippen molar-refractivity contribution in [2.45, 2.75) is 25.5 Å². The van der Waals surface area contributed by atoms with Crippen molar-refractivity contribution in [1.82, 2.24) is 9.47 Å². The Balaban J connectivity index is 1.68. The zero-order valence-corrected chi connectivity index (χ0v) is 21.7. The molecule has 0 spiro atoms. The van der Waals surface area contributed by atoms with Crippen LogP contribution in [0.3, 0.4) is 0 Å². The zero-order chi connectivity index (χ0) is 26.5. The molecule has 1 amide bonds. The Morgan fingerprint density at radius 3 is 2.03 bits per heavy atom. The first kappa shape index (κ1) is 25.5. The minimum Gasteiger partial charge on any atom is -0.483 e. The maximum absolute atomic E-state index is 13.9. The van der Waals surface area contributed by atoms with E-state index in [1.165, 1.54) is 0 Å². The first-order chi connectivity index (χ1) is 18.6. The molecule has 1 atom stereocenters. The van der Waals surface area contributed by atoms with Crippen molar-refractivity contribution in [3.05, 3.63) is 135 Å². The highest BCUT2D eigenvalue weighted by molar-refractivity contribution is 5.96. The Morgan fingerprint density at radius 2 is 1.45 bits per heavy atom. The monoisotopic (exact) mass is 508 g/mol. The van der Waals surface area contributed by atoms with Crippen LogP contribution in [0.5, 0.6) is 5.75 Å². The van der Waals surface area contributed by atoms with E-state index in [0.717, 1.165) is 16.7 Å². The summed E-state index contributed by atoms with van der Waals surface area (Å²) in [6.45, 7) is 3.27. The van der Waals surface area contributed by atoms with E-state index < -0.39 is 0 Å². The summed E-state index contributed by atoms with van der Waals surface area (Å²) in [6.07, 6.45) is 1.82. The molecule has 6 heteroatoms. The summed E-state index contributed by atoms with van der Waals surface area (Å²) in [5.74, 6) is -0.178. The molecule has 4 aromatic rings. The number of hydrogen-bond acceptors (Lipinski definition) is 4. The Morgan fingerprint density at radius 1 is 0.868 bits per heavy atom. The van der Waals surface area contributed by atoms with E-state index in [2.05, 4.69) is 24.3 Å². The molecule has 5 rings (SSSR count). The molecule has 38 heavy (non-hydrogen) atoms. The Bertz CT molecular complexity index is 1400. The number of methoxy groups -OCH3 is 1. The number of aryl methyl sites for hydroxylation is 1. The van der Waals surface area contributed by atoms with Crippen LogP contribution in [0.4, 0.5) is 0 Å². The van der Waals surface area contributed by atoms with Gasteiger partial charge >= 0.3 is 0 Å². The van der Waals surface area contributed by atoms with E-state index in [9.17, 15) is 9.59 Å². The van der Waals surface area contributed by atoms with Gasteiger partial charge < -0.3 is 18.9 Å². The van der Waals surface area contributed by atoms with E-state index in [-0.39, 0.29) is 35.7 Å². The molecule has 2 heterocycles. The highest BCUT2D eigenvalue weighted by atomic mass is 16.5. The molecular formula is C32H32N2O4. The molecule has 0 bridgehead atoms. The van der Waals surface area contributed by atoms with Gasteiger partial charge in [0.2, 0.25) is 5.43 Å². The van der Waals surface area contributed by atoms with Gasteiger partial charge in [-0.3, -0.25) is 9.59 Å². The van der Waals surface area contributed by atoms with Gasteiger partial charge in [-0.2, -0.15) is 0 Å². The first-order valence-corrected chi connectivity index (χ1v) is 12.9. The number of carbonyl (C=O) groups is 1. The third-order valence-corrected chi connectivity index (χ3v) is 7.12. The molecule has 1 aliphatic rings. The van der Waals surface area contributed by atoms with Crippen LogP contribution < -0.4 is 10.2 Å². The highest BCUT2D eigenvalue weighted by Crippen LogP contribution is 2.40. The second-order valence-electron chi connectivity index (χ2n) is 9.61. The van der Waals surface area contributed by atoms with Crippen molar-refractivity contribution >= 4 is 5.91 Å². The van der Waals surface area contributed by atoms with Crippen LogP contribution in [0.1, 0.15) is 44.7 Å². The van der Waals surface area contributed by atoms with E-state index in [1.54, 1.807) is 18.9 Å². The SMILES string of the molecule is COCCN1C[C@H](C(c2ccccc2)c2ccccc2)n2cc(C)c(=O)c(OCc3ccccc3)c2C1=O. The third kappa shape index (κ3) is 5.13. The molecule has 0 saturated carbocycles. The van der Waals surface area contributed by atoms with Gasteiger partial charge in [0.1, 0.15) is 6.61 Å². The number of benzene rings is 3. The van der Waals surface area contributed by atoms with Gasteiger partial charge in [-0.1, -0.05) is 91.0 Å². The molecule has 6 nitrogen and oxygen atoms in total. The Labute approximate surface area is 223 Å². The molecular weight excluding hydrogens is 476 g/mol. The predicted molar refractivity (Wildman–Crippen MR) is 148 cm³/mol. The summed E-state index contributed by atoms with van der Waals surface area (Å²) in [6, 6.07) is 30.1. The molecule has 194 valence electrons. The topological polar surface area (TPSA) is 60.8 Å². The standard InChI is InChI=1S/C32H32N2O4/c1-23-20-34-27(28(25-14-8-4-9-15-25)26-16-10-5-11-17-26)21-33(18-19-37-2)32(36)29(34)31(30(23)35)38-22-24-12-6-3-7-13-24/h3-17,20,27-28H,18-19,21-22H2,1-2H3/t27-/m1/s1. The summed E-state index contributed by atoms with van der Waals surface area (Å²) in [4.78, 5) is 29.1. The smallest absolute Gasteiger partial charge is 0.274 e. The molecule has 0 fully saturated rings. The lowest BCUT2D eigenvalue weighted by Gasteiger charge is -2.41. The van der Waals surface area contributed by atoms with Gasteiger partial charge in [-0.25, -0.2) is 0 Å².